The number of carbonyl (C=O) groups excluding carboxylic acids is 1. The second-order valence-corrected chi connectivity index (χ2v) is 19.5. The number of amides is 1. The van der Waals surface area contributed by atoms with E-state index in [-0.39, 0.29) is 12.5 Å². The van der Waals surface area contributed by atoms with Crippen molar-refractivity contribution < 1.29 is 20.1 Å². The fraction of sp³-hybridized carbons (Fsp3) is 0.912. The molecule has 1 amide bonds. The van der Waals surface area contributed by atoms with Crippen molar-refractivity contribution in [2.75, 3.05) is 6.61 Å². The van der Waals surface area contributed by atoms with Crippen LogP contribution in [0.15, 0.2) is 24.3 Å². The molecule has 0 fully saturated rings. The van der Waals surface area contributed by atoms with Crippen molar-refractivity contribution in [3.05, 3.63) is 24.3 Å². The number of unbranched alkanes of at least 4 members (excludes halogenated alkanes) is 40. The average Bonchev–Trinajstić information content (AvgIpc) is 3.28. The normalized spacial score (nSPS) is 13.4. The summed E-state index contributed by atoms with van der Waals surface area (Å²) in [5.74, 6) is -0.152. The number of rotatable bonds is 52. The van der Waals surface area contributed by atoms with Gasteiger partial charge in [0.1, 0.15) is 6.10 Å². The van der Waals surface area contributed by atoms with E-state index in [4.69, 9.17) is 0 Å². The summed E-state index contributed by atoms with van der Waals surface area (Å²) in [6, 6.07) is -0.830. The summed E-state index contributed by atoms with van der Waals surface area (Å²) in [5, 5.41) is 33.7. The van der Waals surface area contributed by atoms with Crippen LogP contribution in [0.2, 0.25) is 0 Å². The second-order valence-electron chi connectivity index (χ2n) is 19.5. The van der Waals surface area contributed by atoms with Gasteiger partial charge in [-0.3, -0.25) is 4.79 Å². The van der Waals surface area contributed by atoms with E-state index in [1.54, 1.807) is 0 Å². The standard InChI is InChI=1S/C57H111NO4/c1-3-5-7-9-11-13-15-17-19-21-22-23-24-25-26-27-28-29-30-31-32-33-34-36-38-40-42-44-46-48-50-52-56(61)58-54(53-59)57(62)55(60)51-49-47-45-43-41-39-37-35-20-18-16-14-12-10-8-6-4-2/h35,37,43,45,54-55,57,59-60,62H,3-34,36,38-42,44,46-53H2,1-2H3,(H,58,61)/b37-35+,45-43+. The van der Waals surface area contributed by atoms with E-state index < -0.39 is 18.2 Å². The Hall–Kier alpha value is -1.17. The highest BCUT2D eigenvalue weighted by molar-refractivity contribution is 5.76. The van der Waals surface area contributed by atoms with Gasteiger partial charge in [-0.15, -0.1) is 0 Å². The van der Waals surface area contributed by atoms with E-state index >= 15 is 0 Å². The molecule has 0 radical (unpaired) electrons. The van der Waals surface area contributed by atoms with Crippen LogP contribution in [0.25, 0.3) is 0 Å². The minimum absolute atomic E-state index is 0.152. The van der Waals surface area contributed by atoms with Crippen LogP contribution in [0.4, 0.5) is 0 Å². The van der Waals surface area contributed by atoms with Crippen LogP contribution in [-0.2, 0) is 4.79 Å². The van der Waals surface area contributed by atoms with Crippen molar-refractivity contribution in [3.8, 4) is 0 Å². The molecule has 3 atom stereocenters. The summed E-state index contributed by atoms with van der Waals surface area (Å²) < 4.78 is 0. The SMILES string of the molecule is CCCCCCCCCC/C=C/CC/C=C/CCCC(O)C(O)C(CO)NC(=O)CCCCCCCCCCCCCCCCCCCCCCCCCCCCCCCCC. The molecule has 4 N–H and O–H groups in total. The maximum atomic E-state index is 12.5. The van der Waals surface area contributed by atoms with Crippen LogP contribution >= 0.6 is 0 Å². The highest BCUT2D eigenvalue weighted by Gasteiger charge is 2.26. The molecule has 0 aromatic heterocycles. The highest BCUT2D eigenvalue weighted by atomic mass is 16.3. The van der Waals surface area contributed by atoms with Crippen LogP contribution in [0, 0.1) is 0 Å². The lowest BCUT2D eigenvalue weighted by Crippen LogP contribution is -2.50. The molecular weight excluding hydrogens is 763 g/mol. The van der Waals surface area contributed by atoms with E-state index in [1.165, 1.54) is 238 Å². The molecule has 0 aliphatic rings. The Morgan fingerprint density at radius 2 is 0.661 bits per heavy atom. The van der Waals surface area contributed by atoms with Gasteiger partial charge in [-0.05, 0) is 51.4 Å². The van der Waals surface area contributed by atoms with Crippen LogP contribution in [0.3, 0.4) is 0 Å². The molecule has 0 aliphatic heterocycles. The molecular formula is C57H111NO4. The lowest BCUT2D eigenvalue weighted by atomic mass is 10.0. The number of allylic oxidation sites excluding steroid dienone is 4. The van der Waals surface area contributed by atoms with Crippen molar-refractivity contribution in [2.24, 2.45) is 0 Å². The molecule has 0 saturated heterocycles. The third kappa shape index (κ3) is 46.8. The summed E-state index contributed by atoms with van der Waals surface area (Å²) >= 11 is 0. The molecule has 368 valence electrons. The fourth-order valence-corrected chi connectivity index (χ4v) is 8.95. The Balaban J connectivity index is 3.51. The van der Waals surface area contributed by atoms with E-state index in [0.717, 1.165) is 44.9 Å². The van der Waals surface area contributed by atoms with Gasteiger partial charge in [-0.25, -0.2) is 0 Å². The molecule has 0 spiro atoms. The molecule has 5 heteroatoms. The number of nitrogens with one attached hydrogen (secondary N) is 1. The maximum Gasteiger partial charge on any atom is 0.220 e. The third-order valence-corrected chi connectivity index (χ3v) is 13.3. The Labute approximate surface area is 388 Å². The molecule has 5 nitrogen and oxygen atoms in total. The molecule has 62 heavy (non-hydrogen) atoms. The monoisotopic (exact) mass is 874 g/mol. The molecule has 0 bridgehead atoms. The lowest BCUT2D eigenvalue weighted by Gasteiger charge is -2.26. The summed E-state index contributed by atoms with van der Waals surface area (Å²) in [4.78, 5) is 12.5. The van der Waals surface area contributed by atoms with Gasteiger partial charge in [-0.1, -0.05) is 276 Å². The van der Waals surface area contributed by atoms with E-state index in [1.807, 2.05) is 0 Å². The zero-order chi connectivity index (χ0) is 45.1. The zero-order valence-electron chi connectivity index (χ0n) is 42.0. The summed E-state index contributed by atoms with van der Waals surface area (Å²) in [6.07, 6.45) is 66.3. The van der Waals surface area contributed by atoms with E-state index in [2.05, 4.69) is 43.5 Å². The smallest absolute Gasteiger partial charge is 0.220 e. The molecule has 0 saturated carbocycles. The number of hydrogen-bond donors (Lipinski definition) is 4. The van der Waals surface area contributed by atoms with Crippen LogP contribution < -0.4 is 5.32 Å². The molecule has 0 aromatic carbocycles. The predicted molar refractivity (Wildman–Crippen MR) is 273 cm³/mol. The van der Waals surface area contributed by atoms with E-state index in [9.17, 15) is 20.1 Å². The molecule has 0 heterocycles. The summed E-state index contributed by atoms with van der Waals surface area (Å²) in [7, 11) is 0. The summed E-state index contributed by atoms with van der Waals surface area (Å²) in [6.45, 7) is 4.19. The second kappa shape index (κ2) is 52.5. The third-order valence-electron chi connectivity index (χ3n) is 13.3. The van der Waals surface area contributed by atoms with Gasteiger partial charge in [0.2, 0.25) is 5.91 Å². The van der Waals surface area contributed by atoms with Crippen molar-refractivity contribution in [3.63, 3.8) is 0 Å². The van der Waals surface area contributed by atoms with Gasteiger partial charge in [0, 0.05) is 6.42 Å². The Morgan fingerprint density at radius 3 is 0.984 bits per heavy atom. The van der Waals surface area contributed by atoms with Gasteiger partial charge < -0.3 is 20.6 Å². The van der Waals surface area contributed by atoms with Crippen LogP contribution in [0.5, 0.6) is 0 Å². The topological polar surface area (TPSA) is 89.8 Å². The van der Waals surface area contributed by atoms with E-state index in [0.29, 0.717) is 12.8 Å². The first-order chi connectivity index (χ1) is 30.6. The number of carbonyl (C=O) groups is 1. The Kier molecular flexibility index (Phi) is 51.5. The van der Waals surface area contributed by atoms with Crippen molar-refractivity contribution in [1.82, 2.24) is 5.32 Å². The number of aliphatic hydroxyl groups excluding tert-OH is 3. The van der Waals surface area contributed by atoms with Crippen molar-refractivity contribution >= 4 is 5.91 Å². The summed E-state index contributed by atoms with van der Waals surface area (Å²) in [5.41, 5.74) is 0. The first-order valence-corrected chi connectivity index (χ1v) is 28.1. The number of aliphatic hydroxyl groups is 3. The zero-order valence-corrected chi connectivity index (χ0v) is 42.0. The molecule has 0 rings (SSSR count). The number of hydrogen-bond acceptors (Lipinski definition) is 4. The largest absolute Gasteiger partial charge is 0.394 e. The predicted octanol–water partition coefficient (Wildman–Crippen LogP) is 17.3. The minimum Gasteiger partial charge on any atom is -0.394 e. The van der Waals surface area contributed by atoms with Crippen molar-refractivity contribution in [1.29, 1.82) is 0 Å². The van der Waals surface area contributed by atoms with Gasteiger partial charge >= 0.3 is 0 Å². The minimum atomic E-state index is -1.16. The van der Waals surface area contributed by atoms with Crippen LogP contribution in [0.1, 0.15) is 309 Å². The van der Waals surface area contributed by atoms with Crippen LogP contribution in [-0.4, -0.2) is 46.1 Å². The highest BCUT2D eigenvalue weighted by Crippen LogP contribution is 2.18. The van der Waals surface area contributed by atoms with Gasteiger partial charge in [0.05, 0.1) is 18.8 Å². The Bertz CT molecular complexity index is 920. The van der Waals surface area contributed by atoms with Crippen molar-refractivity contribution in [2.45, 2.75) is 327 Å². The molecule has 0 aliphatic carbocycles. The average molecular weight is 875 g/mol. The van der Waals surface area contributed by atoms with Gasteiger partial charge in [0.25, 0.3) is 0 Å². The van der Waals surface area contributed by atoms with Gasteiger partial charge in [0.15, 0.2) is 0 Å². The quantitative estimate of drug-likeness (QED) is 0.0362. The fourth-order valence-electron chi connectivity index (χ4n) is 8.95. The first kappa shape index (κ1) is 60.8. The molecule has 0 aromatic rings. The Morgan fingerprint density at radius 1 is 0.387 bits per heavy atom. The first-order valence-electron chi connectivity index (χ1n) is 28.1. The molecule has 3 unspecified atom stereocenters. The maximum absolute atomic E-state index is 12.5. The van der Waals surface area contributed by atoms with Gasteiger partial charge in [-0.2, -0.15) is 0 Å². The lowest BCUT2D eigenvalue weighted by molar-refractivity contribution is -0.124.